The molecule has 1 unspecified atom stereocenters. The second-order valence-electron chi connectivity index (χ2n) is 7.68. The first-order valence-electron chi connectivity index (χ1n) is 10.6. The maximum absolute atomic E-state index is 11.2. The van der Waals surface area contributed by atoms with Crippen LogP contribution in [0.1, 0.15) is 52.9 Å². The number of primary amides is 1. The summed E-state index contributed by atoms with van der Waals surface area (Å²) in [6.45, 7) is 12.0. The van der Waals surface area contributed by atoms with E-state index in [0.29, 0.717) is 12.0 Å². The minimum absolute atomic E-state index is 0.0790. The number of amides is 1. The van der Waals surface area contributed by atoms with Crippen LogP contribution in [0.2, 0.25) is 0 Å². The van der Waals surface area contributed by atoms with E-state index < -0.39 is 0 Å². The van der Waals surface area contributed by atoms with Crippen LogP contribution in [0.4, 0.5) is 0 Å². The third-order valence-corrected chi connectivity index (χ3v) is 5.25. The Morgan fingerprint density at radius 2 is 1.89 bits per heavy atom. The second kappa shape index (κ2) is 13.8. The molecule has 1 atom stereocenters. The molecule has 0 aromatic heterocycles. The molecule has 158 valence electrons. The van der Waals surface area contributed by atoms with E-state index in [1.165, 1.54) is 0 Å². The lowest BCUT2D eigenvalue weighted by atomic mass is 9.96. The van der Waals surface area contributed by atoms with Crippen molar-refractivity contribution in [2.24, 2.45) is 22.6 Å². The molecule has 1 amide bonds. The first kappa shape index (κ1) is 23.7. The number of hydrogen-bond donors (Lipinski definition) is 3. The van der Waals surface area contributed by atoms with E-state index in [1.54, 1.807) is 7.05 Å². The van der Waals surface area contributed by atoms with E-state index in [2.05, 4.69) is 34.4 Å². The highest BCUT2D eigenvalue weighted by Crippen LogP contribution is 2.16. The number of unbranched alkanes of at least 4 members (excludes halogenated alkanes) is 1. The van der Waals surface area contributed by atoms with Crippen molar-refractivity contribution in [1.82, 2.24) is 15.5 Å². The summed E-state index contributed by atoms with van der Waals surface area (Å²) in [6.07, 6.45) is 5.33. The molecule has 0 aliphatic carbocycles. The standard InChI is InChI=1S/C20H41N5O2/c1-5-27-18(16(2)3)8-12-24-20(22-4)23-11-6-7-13-25-14-9-17(10-15-25)19(21)26/h16-18H,5-15H2,1-4H3,(H2,21,26)(H2,22,23,24). The first-order valence-corrected chi connectivity index (χ1v) is 10.6. The van der Waals surface area contributed by atoms with Gasteiger partial charge in [0.1, 0.15) is 0 Å². The van der Waals surface area contributed by atoms with Gasteiger partial charge in [0, 0.05) is 32.7 Å². The molecule has 1 rings (SSSR count). The van der Waals surface area contributed by atoms with Gasteiger partial charge in [-0.25, -0.2) is 0 Å². The Morgan fingerprint density at radius 3 is 2.44 bits per heavy atom. The van der Waals surface area contributed by atoms with Crippen molar-refractivity contribution in [2.75, 3.05) is 46.4 Å². The third-order valence-electron chi connectivity index (χ3n) is 5.25. The van der Waals surface area contributed by atoms with Gasteiger partial charge in [0.25, 0.3) is 0 Å². The number of aliphatic imine (C=N–C) groups is 1. The van der Waals surface area contributed by atoms with Gasteiger partial charge >= 0.3 is 0 Å². The molecule has 1 heterocycles. The number of likely N-dealkylation sites (tertiary alicyclic amines) is 1. The lowest BCUT2D eigenvalue weighted by molar-refractivity contribution is -0.123. The summed E-state index contributed by atoms with van der Waals surface area (Å²) >= 11 is 0. The van der Waals surface area contributed by atoms with E-state index in [0.717, 1.165) is 77.4 Å². The molecule has 4 N–H and O–H groups in total. The van der Waals surface area contributed by atoms with Crippen molar-refractivity contribution < 1.29 is 9.53 Å². The van der Waals surface area contributed by atoms with Crippen LogP contribution >= 0.6 is 0 Å². The van der Waals surface area contributed by atoms with Crippen LogP contribution in [0.3, 0.4) is 0 Å². The molecule has 0 saturated carbocycles. The minimum atomic E-state index is -0.140. The fourth-order valence-corrected chi connectivity index (χ4v) is 3.48. The van der Waals surface area contributed by atoms with Crippen LogP contribution in [0.5, 0.6) is 0 Å². The average molecular weight is 384 g/mol. The molecule has 0 aromatic rings. The molecule has 7 heteroatoms. The quantitative estimate of drug-likeness (QED) is 0.270. The zero-order valence-corrected chi connectivity index (χ0v) is 17.8. The summed E-state index contributed by atoms with van der Waals surface area (Å²) in [7, 11) is 1.81. The largest absolute Gasteiger partial charge is 0.378 e. The number of guanidine groups is 1. The predicted molar refractivity (Wildman–Crippen MR) is 112 cm³/mol. The van der Waals surface area contributed by atoms with Crippen LogP contribution in [0, 0.1) is 11.8 Å². The lowest BCUT2D eigenvalue weighted by Crippen LogP contribution is -2.40. The van der Waals surface area contributed by atoms with Crippen LogP contribution in [0.25, 0.3) is 0 Å². The zero-order chi connectivity index (χ0) is 20.1. The summed E-state index contributed by atoms with van der Waals surface area (Å²) in [5.74, 6) is 1.32. The van der Waals surface area contributed by atoms with Gasteiger partial charge in [0.05, 0.1) is 6.10 Å². The number of nitrogens with zero attached hydrogens (tertiary/aromatic N) is 2. The Kier molecular flexibility index (Phi) is 12.1. The molecule has 0 spiro atoms. The fourth-order valence-electron chi connectivity index (χ4n) is 3.48. The van der Waals surface area contributed by atoms with E-state index in [-0.39, 0.29) is 11.8 Å². The fraction of sp³-hybridized carbons (Fsp3) is 0.900. The highest BCUT2D eigenvalue weighted by Gasteiger charge is 2.22. The van der Waals surface area contributed by atoms with Gasteiger partial charge in [-0.2, -0.15) is 0 Å². The summed E-state index contributed by atoms with van der Waals surface area (Å²) in [6, 6.07) is 0. The van der Waals surface area contributed by atoms with Crippen molar-refractivity contribution in [3.63, 3.8) is 0 Å². The van der Waals surface area contributed by atoms with Gasteiger partial charge in [-0.05, 0) is 64.6 Å². The van der Waals surface area contributed by atoms with Gasteiger partial charge in [0.15, 0.2) is 5.96 Å². The summed E-state index contributed by atoms with van der Waals surface area (Å²) in [4.78, 5) is 17.9. The van der Waals surface area contributed by atoms with Crippen molar-refractivity contribution in [1.29, 1.82) is 0 Å². The number of nitrogens with one attached hydrogen (secondary N) is 2. The number of piperidine rings is 1. The Hall–Kier alpha value is -1.34. The number of carbonyl (C=O) groups is 1. The van der Waals surface area contributed by atoms with Gasteiger partial charge in [-0.15, -0.1) is 0 Å². The van der Waals surface area contributed by atoms with Gasteiger partial charge in [-0.1, -0.05) is 13.8 Å². The molecule has 1 aliphatic heterocycles. The second-order valence-corrected chi connectivity index (χ2v) is 7.68. The van der Waals surface area contributed by atoms with E-state index in [4.69, 9.17) is 10.5 Å². The topological polar surface area (TPSA) is 92.0 Å². The number of carbonyl (C=O) groups excluding carboxylic acids is 1. The summed E-state index contributed by atoms with van der Waals surface area (Å²) in [5.41, 5.74) is 5.38. The Balaban J connectivity index is 2.09. The summed E-state index contributed by atoms with van der Waals surface area (Å²) in [5, 5.41) is 6.76. The van der Waals surface area contributed by atoms with Crippen LogP contribution in [-0.2, 0) is 9.53 Å². The van der Waals surface area contributed by atoms with Gasteiger partial charge in [0.2, 0.25) is 5.91 Å². The monoisotopic (exact) mass is 383 g/mol. The van der Waals surface area contributed by atoms with Gasteiger partial charge in [-0.3, -0.25) is 9.79 Å². The maximum atomic E-state index is 11.2. The number of hydrogen-bond acceptors (Lipinski definition) is 4. The minimum Gasteiger partial charge on any atom is -0.378 e. The number of rotatable bonds is 12. The van der Waals surface area contributed by atoms with Gasteiger partial charge < -0.3 is 26.0 Å². The third kappa shape index (κ3) is 9.96. The molecule has 1 fully saturated rings. The molecule has 1 aliphatic rings. The van der Waals surface area contributed by atoms with Crippen molar-refractivity contribution >= 4 is 11.9 Å². The van der Waals surface area contributed by atoms with Crippen LogP contribution in [-0.4, -0.2) is 69.2 Å². The molecular formula is C20H41N5O2. The first-order chi connectivity index (χ1) is 13.0. The Bertz CT molecular complexity index is 434. The molecule has 27 heavy (non-hydrogen) atoms. The number of nitrogens with two attached hydrogens (primary N) is 1. The van der Waals surface area contributed by atoms with Crippen molar-refractivity contribution in [2.45, 2.75) is 59.0 Å². The molecular weight excluding hydrogens is 342 g/mol. The summed E-state index contributed by atoms with van der Waals surface area (Å²) < 4.78 is 5.78. The van der Waals surface area contributed by atoms with Crippen LogP contribution in [0.15, 0.2) is 4.99 Å². The van der Waals surface area contributed by atoms with Crippen molar-refractivity contribution in [3.8, 4) is 0 Å². The average Bonchev–Trinajstić information content (AvgIpc) is 2.65. The SMILES string of the molecule is CCOC(CCNC(=NC)NCCCCN1CCC(C(N)=O)CC1)C(C)C. The molecule has 0 bridgehead atoms. The van der Waals surface area contributed by atoms with E-state index >= 15 is 0 Å². The van der Waals surface area contributed by atoms with Crippen LogP contribution < -0.4 is 16.4 Å². The highest BCUT2D eigenvalue weighted by atomic mass is 16.5. The molecule has 0 radical (unpaired) electrons. The smallest absolute Gasteiger partial charge is 0.220 e. The van der Waals surface area contributed by atoms with E-state index in [9.17, 15) is 4.79 Å². The maximum Gasteiger partial charge on any atom is 0.220 e. The van der Waals surface area contributed by atoms with Crippen molar-refractivity contribution in [3.05, 3.63) is 0 Å². The molecule has 1 saturated heterocycles. The molecule has 0 aromatic carbocycles. The number of ether oxygens (including phenoxy) is 1. The normalized spacial score (nSPS) is 17.9. The molecule has 7 nitrogen and oxygen atoms in total. The Morgan fingerprint density at radius 1 is 1.22 bits per heavy atom. The Labute approximate surface area is 165 Å². The lowest BCUT2D eigenvalue weighted by Gasteiger charge is -2.30. The zero-order valence-electron chi connectivity index (χ0n) is 17.8. The predicted octanol–water partition coefficient (Wildman–Crippen LogP) is 1.58. The van der Waals surface area contributed by atoms with E-state index in [1.807, 2.05) is 6.92 Å². The highest BCUT2D eigenvalue weighted by molar-refractivity contribution is 5.79.